The second-order valence-electron chi connectivity index (χ2n) is 6.96. The molecule has 2 unspecified atom stereocenters. The van der Waals surface area contributed by atoms with Crippen LogP contribution in [0, 0.1) is 12.8 Å². The molecule has 29 heavy (non-hydrogen) atoms. The zero-order valence-corrected chi connectivity index (χ0v) is 17.2. The van der Waals surface area contributed by atoms with Crippen LogP contribution in [-0.2, 0) is 16.1 Å². The third-order valence-corrected chi connectivity index (χ3v) is 5.54. The van der Waals surface area contributed by atoms with Gasteiger partial charge in [0.2, 0.25) is 11.6 Å². The number of rotatable bonds is 5. The van der Waals surface area contributed by atoms with Gasteiger partial charge in [0.15, 0.2) is 18.2 Å². The van der Waals surface area contributed by atoms with Crippen LogP contribution in [0.1, 0.15) is 33.5 Å². The Morgan fingerprint density at radius 3 is 2.52 bits per heavy atom. The molecule has 7 heteroatoms. The number of likely N-dealkylation sites (tertiary alicyclic amines) is 1. The van der Waals surface area contributed by atoms with E-state index in [1.54, 1.807) is 31.5 Å². The van der Waals surface area contributed by atoms with Crippen LogP contribution >= 0.6 is 15.9 Å². The van der Waals surface area contributed by atoms with Gasteiger partial charge in [-0.25, -0.2) is 4.98 Å². The third-order valence-electron chi connectivity index (χ3n) is 5.01. The highest BCUT2D eigenvalue weighted by atomic mass is 79.9. The van der Waals surface area contributed by atoms with E-state index < -0.39 is 29.4 Å². The molecule has 3 heterocycles. The number of benzene rings is 1. The van der Waals surface area contributed by atoms with Crippen molar-refractivity contribution in [3.05, 3.63) is 88.0 Å². The van der Waals surface area contributed by atoms with E-state index in [4.69, 9.17) is 4.42 Å². The summed E-state index contributed by atoms with van der Waals surface area (Å²) < 4.78 is 6.32. The Balaban J connectivity index is 1.78. The molecule has 6 nitrogen and oxygen atoms in total. The number of nitrogens with one attached hydrogen (secondary N) is 1. The zero-order valence-electron chi connectivity index (χ0n) is 15.6. The maximum Gasteiger partial charge on any atom is 0.291 e. The lowest BCUT2D eigenvalue weighted by Gasteiger charge is -2.26. The maximum absolute atomic E-state index is 13.2. The van der Waals surface area contributed by atoms with Crippen molar-refractivity contribution in [2.45, 2.75) is 19.5 Å². The van der Waals surface area contributed by atoms with Crippen molar-refractivity contribution in [2.75, 3.05) is 0 Å². The van der Waals surface area contributed by atoms with Gasteiger partial charge in [-0.05, 0) is 42.8 Å². The topological polar surface area (TPSA) is 81.7 Å². The number of Topliss-reactive ketones (excluding diaryl/α,β-unsaturated/α-hetero) is 2. The van der Waals surface area contributed by atoms with E-state index >= 15 is 0 Å². The summed E-state index contributed by atoms with van der Waals surface area (Å²) in [5.41, 5.74) is 1.55. The summed E-state index contributed by atoms with van der Waals surface area (Å²) in [6.07, 6.45) is 3.53. The van der Waals surface area contributed by atoms with Crippen molar-refractivity contribution in [3.63, 3.8) is 0 Å². The van der Waals surface area contributed by atoms with Gasteiger partial charge in [0.1, 0.15) is 11.7 Å². The number of furan rings is 1. The van der Waals surface area contributed by atoms with E-state index in [-0.39, 0.29) is 12.3 Å². The lowest BCUT2D eigenvalue weighted by Crippen LogP contribution is -2.30. The van der Waals surface area contributed by atoms with Crippen molar-refractivity contribution >= 4 is 33.4 Å². The fourth-order valence-corrected chi connectivity index (χ4v) is 3.90. The lowest BCUT2D eigenvalue weighted by molar-refractivity contribution is -0.378. The Bertz CT molecular complexity index is 1080. The molecule has 1 aliphatic rings. The third kappa shape index (κ3) is 3.65. The van der Waals surface area contributed by atoms with Crippen LogP contribution in [0.5, 0.6) is 0 Å². The van der Waals surface area contributed by atoms with E-state index in [2.05, 4.69) is 20.9 Å². The summed E-state index contributed by atoms with van der Waals surface area (Å²) in [5.74, 6) is -2.35. The van der Waals surface area contributed by atoms with Crippen LogP contribution < -0.4 is 4.98 Å². The van der Waals surface area contributed by atoms with Crippen molar-refractivity contribution in [2.24, 2.45) is 5.92 Å². The molecule has 1 aromatic carbocycles. The molecule has 3 aromatic rings. The molecule has 1 amide bonds. The predicted octanol–water partition coefficient (Wildman–Crippen LogP) is 3.32. The molecule has 146 valence electrons. The van der Waals surface area contributed by atoms with Gasteiger partial charge >= 0.3 is 0 Å². The highest BCUT2D eigenvalue weighted by Crippen LogP contribution is 2.39. The average molecular weight is 454 g/mol. The van der Waals surface area contributed by atoms with Crippen LogP contribution in [0.4, 0.5) is 0 Å². The van der Waals surface area contributed by atoms with Crippen molar-refractivity contribution < 1.29 is 23.8 Å². The Hall–Kier alpha value is -3.06. The van der Waals surface area contributed by atoms with Crippen LogP contribution in [0.3, 0.4) is 0 Å². The molecule has 2 aromatic heterocycles. The number of H-pyrrole nitrogens is 1. The van der Waals surface area contributed by atoms with Gasteiger partial charge in [-0.2, -0.15) is 0 Å². The summed E-state index contributed by atoms with van der Waals surface area (Å²) in [6, 6.07) is 13.5. The summed E-state index contributed by atoms with van der Waals surface area (Å²) in [7, 11) is 0. The number of ketones is 2. The van der Waals surface area contributed by atoms with Gasteiger partial charge in [0.05, 0.1) is 12.6 Å². The Morgan fingerprint density at radius 2 is 1.90 bits per heavy atom. The fourth-order valence-electron chi connectivity index (χ4n) is 3.63. The number of aromatic amines is 1. The number of hydrogen-bond acceptors (Lipinski definition) is 4. The first-order valence-electron chi connectivity index (χ1n) is 9.11. The summed E-state index contributed by atoms with van der Waals surface area (Å²) >= 11 is 3.40. The number of halogens is 1. The second-order valence-corrected chi connectivity index (χ2v) is 7.87. The molecule has 0 aliphatic carbocycles. The number of amides is 1. The molecule has 0 radical (unpaired) electrons. The Labute approximate surface area is 175 Å². The smallest absolute Gasteiger partial charge is 0.291 e. The summed E-state index contributed by atoms with van der Waals surface area (Å²) in [5, 5.41) is 0. The molecular formula is C22H18BrN2O4+. The highest BCUT2D eigenvalue weighted by Gasteiger charge is 2.52. The SMILES string of the molecule is Cc1ccc(C(=O)C2C(=O)C(=O)N(Cc3ccc[nH+]c3)C2c2ccc(Br)cc2)o1. The van der Waals surface area contributed by atoms with Gasteiger partial charge in [-0.1, -0.05) is 28.1 Å². The minimum Gasteiger partial charge on any atom is -0.458 e. The van der Waals surface area contributed by atoms with Gasteiger partial charge < -0.3 is 9.32 Å². The number of hydrogen-bond donors (Lipinski definition) is 0. The highest BCUT2D eigenvalue weighted by molar-refractivity contribution is 9.10. The van der Waals surface area contributed by atoms with Gasteiger partial charge in [0.25, 0.3) is 5.91 Å². The Kier molecular flexibility index (Phi) is 5.15. The van der Waals surface area contributed by atoms with E-state index in [1.165, 1.54) is 4.90 Å². The van der Waals surface area contributed by atoms with Crippen LogP contribution in [0.15, 0.2) is 69.8 Å². The lowest BCUT2D eigenvalue weighted by atomic mass is 9.88. The monoisotopic (exact) mass is 453 g/mol. The predicted molar refractivity (Wildman–Crippen MR) is 107 cm³/mol. The summed E-state index contributed by atoms with van der Waals surface area (Å²) in [4.78, 5) is 43.4. The molecule has 1 fully saturated rings. The minimum atomic E-state index is -1.15. The first-order valence-corrected chi connectivity index (χ1v) is 9.91. The fraction of sp³-hybridized carbons (Fsp3) is 0.182. The van der Waals surface area contributed by atoms with E-state index in [9.17, 15) is 14.4 Å². The number of carbonyl (C=O) groups excluding carboxylic acids is 3. The maximum atomic E-state index is 13.2. The van der Waals surface area contributed by atoms with Crippen molar-refractivity contribution in [3.8, 4) is 0 Å². The largest absolute Gasteiger partial charge is 0.458 e. The quantitative estimate of drug-likeness (QED) is 0.337. The molecule has 0 saturated carbocycles. The van der Waals surface area contributed by atoms with E-state index in [1.807, 2.05) is 36.4 Å². The van der Waals surface area contributed by atoms with Crippen LogP contribution in [0.2, 0.25) is 0 Å². The normalized spacial score (nSPS) is 19.0. The minimum absolute atomic E-state index is 0.0886. The number of carbonyl (C=O) groups is 3. The molecule has 0 spiro atoms. The number of aromatic nitrogens is 1. The molecule has 1 saturated heterocycles. The van der Waals surface area contributed by atoms with E-state index in [0.29, 0.717) is 11.3 Å². The summed E-state index contributed by atoms with van der Waals surface area (Å²) in [6.45, 7) is 1.94. The number of pyridine rings is 1. The first-order chi connectivity index (χ1) is 14.0. The number of aryl methyl sites for hydroxylation is 1. The van der Waals surface area contributed by atoms with Crippen LogP contribution in [-0.4, -0.2) is 22.4 Å². The molecule has 1 N–H and O–H groups in total. The van der Waals surface area contributed by atoms with Gasteiger partial charge in [-0.15, -0.1) is 0 Å². The number of nitrogens with zero attached hydrogens (tertiary/aromatic N) is 1. The first kappa shape index (κ1) is 19.3. The molecule has 1 aliphatic heterocycles. The molecule has 4 rings (SSSR count). The average Bonchev–Trinajstić information content (AvgIpc) is 3.26. The second kappa shape index (κ2) is 7.75. The van der Waals surface area contributed by atoms with Gasteiger partial charge in [-0.3, -0.25) is 14.4 Å². The van der Waals surface area contributed by atoms with Crippen molar-refractivity contribution in [1.29, 1.82) is 0 Å². The van der Waals surface area contributed by atoms with Crippen LogP contribution in [0.25, 0.3) is 0 Å². The Morgan fingerprint density at radius 1 is 1.14 bits per heavy atom. The molecule has 2 atom stereocenters. The zero-order chi connectivity index (χ0) is 20.5. The van der Waals surface area contributed by atoms with Crippen molar-refractivity contribution in [1.82, 2.24) is 4.90 Å². The molecular weight excluding hydrogens is 436 g/mol. The van der Waals surface area contributed by atoms with E-state index in [0.717, 1.165) is 10.0 Å². The standard InChI is InChI=1S/C22H17BrN2O4/c1-13-4-9-17(29-13)20(26)18-19(15-5-7-16(23)8-6-15)25(22(28)21(18)27)12-14-3-2-10-24-11-14/h2-11,18-19H,12H2,1H3/p+1. The van der Waals surface area contributed by atoms with Gasteiger partial charge in [0, 0.05) is 16.1 Å². The molecule has 0 bridgehead atoms.